The number of hydrogen-bond acceptors (Lipinski definition) is 3. The summed E-state index contributed by atoms with van der Waals surface area (Å²) in [6.07, 6.45) is 1.00. The van der Waals surface area contributed by atoms with Crippen molar-refractivity contribution in [2.24, 2.45) is 0 Å². The second-order valence-corrected chi connectivity index (χ2v) is 7.25. The zero-order chi connectivity index (χ0) is 16.0. The summed E-state index contributed by atoms with van der Waals surface area (Å²) in [5.74, 6) is 0.0888. The predicted octanol–water partition coefficient (Wildman–Crippen LogP) is 2.56. The van der Waals surface area contributed by atoms with E-state index in [9.17, 15) is 4.79 Å². The van der Waals surface area contributed by atoms with E-state index in [1.165, 1.54) is 0 Å². The highest BCUT2D eigenvalue weighted by Gasteiger charge is 2.29. The fraction of sp³-hybridized carbons (Fsp3) is 0.588. The molecule has 2 N–H and O–H groups in total. The van der Waals surface area contributed by atoms with Crippen molar-refractivity contribution >= 4 is 34.2 Å². The molecule has 0 saturated carbocycles. The van der Waals surface area contributed by atoms with Crippen molar-refractivity contribution in [2.45, 2.75) is 25.7 Å². The van der Waals surface area contributed by atoms with Crippen LogP contribution in [0.2, 0.25) is 0 Å². The number of hydrogen-bond donors (Lipinski definition) is 2. The normalized spacial score (nSPS) is 15.8. The first-order chi connectivity index (χ1) is 10.5. The number of amides is 1. The van der Waals surface area contributed by atoms with Crippen LogP contribution in [0.3, 0.4) is 0 Å². The molecule has 0 aliphatic carbocycles. The number of carbonyl (C=O) groups excluding carboxylic acids is 1. The molecule has 1 heterocycles. The molecule has 1 aromatic rings. The van der Waals surface area contributed by atoms with E-state index in [1.807, 2.05) is 38.1 Å². The topological polar surface area (TPSA) is 44.4 Å². The monoisotopic (exact) mass is 403 g/mol. The van der Waals surface area contributed by atoms with E-state index in [2.05, 4.69) is 31.5 Å². The summed E-state index contributed by atoms with van der Waals surface area (Å²) in [5, 5.41) is 6.43. The van der Waals surface area contributed by atoms with E-state index in [0.717, 1.165) is 55.7 Å². The van der Waals surface area contributed by atoms with Crippen molar-refractivity contribution in [2.75, 3.05) is 39.3 Å². The highest BCUT2D eigenvalue weighted by Crippen LogP contribution is 2.25. The lowest BCUT2D eigenvalue weighted by Crippen LogP contribution is -2.45. The Labute approximate surface area is 153 Å². The van der Waals surface area contributed by atoms with Crippen molar-refractivity contribution in [1.29, 1.82) is 0 Å². The van der Waals surface area contributed by atoms with Crippen LogP contribution in [0.5, 0.6) is 0 Å². The molecule has 23 heavy (non-hydrogen) atoms. The fourth-order valence-corrected chi connectivity index (χ4v) is 3.07. The van der Waals surface area contributed by atoms with Crippen LogP contribution in [-0.4, -0.2) is 50.1 Å². The van der Waals surface area contributed by atoms with Gasteiger partial charge in [0, 0.05) is 37.2 Å². The number of benzene rings is 1. The lowest BCUT2D eigenvalue weighted by atomic mass is 9.84. The second-order valence-electron chi connectivity index (χ2n) is 6.34. The number of nitrogens with one attached hydrogen (secondary N) is 2. The number of piperazine rings is 1. The van der Waals surface area contributed by atoms with Gasteiger partial charge in [-0.1, -0.05) is 28.1 Å². The van der Waals surface area contributed by atoms with Crippen molar-refractivity contribution in [3.05, 3.63) is 34.3 Å². The quantitative estimate of drug-likeness (QED) is 0.716. The zero-order valence-electron chi connectivity index (χ0n) is 13.9. The molecule has 130 valence electrons. The Morgan fingerprint density at radius 1 is 1.35 bits per heavy atom. The first-order valence-corrected chi connectivity index (χ1v) is 8.77. The highest BCUT2D eigenvalue weighted by atomic mass is 79.9. The largest absolute Gasteiger partial charge is 0.355 e. The Morgan fingerprint density at radius 3 is 2.70 bits per heavy atom. The second kappa shape index (κ2) is 9.62. The number of halogens is 2. The predicted molar refractivity (Wildman–Crippen MR) is 101 cm³/mol. The van der Waals surface area contributed by atoms with Gasteiger partial charge in [0.15, 0.2) is 0 Å². The molecule has 0 spiro atoms. The molecule has 4 nitrogen and oxygen atoms in total. The average molecular weight is 405 g/mol. The van der Waals surface area contributed by atoms with Gasteiger partial charge in [-0.15, -0.1) is 12.4 Å². The molecule has 1 aliphatic rings. The van der Waals surface area contributed by atoms with Gasteiger partial charge in [0.2, 0.25) is 5.91 Å². The van der Waals surface area contributed by atoms with Crippen molar-refractivity contribution in [3.8, 4) is 0 Å². The number of rotatable bonds is 6. The SMILES string of the molecule is CC(C)(C(=O)NCCCN1CCNCC1)c1cccc(Br)c1.Cl. The first-order valence-electron chi connectivity index (χ1n) is 7.97. The van der Waals surface area contributed by atoms with E-state index >= 15 is 0 Å². The van der Waals surface area contributed by atoms with E-state index in [0.29, 0.717) is 0 Å². The van der Waals surface area contributed by atoms with Crippen molar-refractivity contribution in [3.63, 3.8) is 0 Å². The third kappa shape index (κ3) is 6.07. The van der Waals surface area contributed by atoms with Crippen LogP contribution in [0.4, 0.5) is 0 Å². The summed E-state index contributed by atoms with van der Waals surface area (Å²) >= 11 is 3.47. The summed E-state index contributed by atoms with van der Waals surface area (Å²) < 4.78 is 1.00. The van der Waals surface area contributed by atoms with Crippen LogP contribution >= 0.6 is 28.3 Å². The number of carbonyl (C=O) groups is 1. The van der Waals surface area contributed by atoms with Gasteiger partial charge in [0.1, 0.15) is 0 Å². The van der Waals surface area contributed by atoms with Gasteiger partial charge < -0.3 is 15.5 Å². The van der Waals surface area contributed by atoms with E-state index < -0.39 is 5.41 Å². The zero-order valence-corrected chi connectivity index (χ0v) is 16.3. The van der Waals surface area contributed by atoms with Crippen LogP contribution < -0.4 is 10.6 Å². The molecule has 1 saturated heterocycles. The summed E-state index contributed by atoms with van der Waals surface area (Å²) in [6, 6.07) is 7.97. The molecule has 0 aromatic heterocycles. The summed E-state index contributed by atoms with van der Waals surface area (Å²) in [4.78, 5) is 14.9. The smallest absolute Gasteiger partial charge is 0.230 e. The van der Waals surface area contributed by atoms with E-state index in [-0.39, 0.29) is 18.3 Å². The Hall–Kier alpha value is -0.620. The van der Waals surface area contributed by atoms with Crippen molar-refractivity contribution in [1.82, 2.24) is 15.5 Å². The van der Waals surface area contributed by atoms with Gasteiger partial charge in [-0.05, 0) is 44.5 Å². The fourth-order valence-electron chi connectivity index (χ4n) is 2.67. The Morgan fingerprint density at radius 2 is 2.04 bits per heavy atom. The van der Waals surface area contributed by atoms with Gasteiger partial charge in [0.25, 0.3) is 0 Å². The van der Waals surface area contributed by atoms with Crippen molar-refractivity contribution < 1.29 is 4.79 Å². The first kappa shape index (κ1) is 20.4. The molecule has 0 radical (unpaired) electrons. The van der Waals surface area contributed by atoms with Crippen LogP contribution in [0.25, 0.3) is 0 Å². The summed E-state index contributed by atoms with van der Waals surface area (Å²) in [6.45, 7) is 10.1. The Kier molecular flexibility index (Phi) is 8.54. The minimum atomic E-state index is -0.515. The lowest BCUT2D eigenvalue weighted by Gasteiger charge is -2.28. The minimum absolute atomic E-state index is 0. The van der Waals surface area contributed by atoms with Crippen LogP contribution in [0.15, 0.2) is 28.7 Å². The van der Waals surface area contributed by atoms with Gasteiger partial charge in [-0.2, -0.15) is 0 Å². The maximum atomic E-state index is 12.5. The standard InChI is InChI=1S/C17H26BrN3O.ClH/c1-17(2,14-5-3-6-15(18)13-14)16(22)20-7-4-10-21-11-8-19-9-12-21;/h3,5-6,13,19H,4,7-12H2,1-2H3,(H,20,22);1H. The molecule has 2 rings (SSSR count). The highest BCUT2D eigenvalue weighted by molar-refractivity contribution is 9.10. The molecule has 1 aromatic carbocycles. The maximum Gasteiger partial charge on any atom is 0.230 e. The molecule has 1 aliphatic heterocycles. The van der Waals surface area contributed by atoms with Gasteiger partial charge in [0.05, 0.1) is 5.41 Å². The van der Waals surface area contributed by atoms with Crippen LogP contribution in [0.1, 0.15) is 25.8 Å². The molecule has 0 unspecified atom stereocenters. The molecule has 1 amide bonds. The van der Waals surface area contributed by atoms with Crippen LogP contribution in [-0.2, 0) is 10.2 Å². The molecule has 6 heteroatoms. The minimum Gasteiger partial charge on any atom is -0.355 e. The molecular weight excluding hydrogens is 378 g/mol. The maximum absolute atomic E-state index is 12.5. The lowest BCUT2D eigenvalue weighted by molar-refractivity contribution is -0.125. The van der Waals surface area contributed by atoms with E-state index in [1.54, 1.807) is 0 Å². The molecular formula is C17H27BrClN3O. The molecule has 1 fully saturated rings. The average Bonchev–Trinajstić information content (AvgIpc) is 2.52. The molecule has 0 bridgehead atoms. The molecule has 0 atom stereocenters. The third-order valence-corrected chi connectivity index (χ3v) is 4.75. The van der Waals surface area contributed by atoms with Gasteiger partial charge >= 0.3 is 0 Å². The number of nitrogens with zero attached hydrogens (tertiary/aromatic N) is 1. The third-order valence-electron chi connectivity index (χ3n) is 4.26. The summed E-state index contributed by atoms with van der Waals surface area (Å²) in [5.41, 5.74) is 0.514. The van der Waals surface area contributed by atoms with Gasteiger partial charge in [-0.25, -0.2) is 0 Å². The summed E-state index contributed by atoms with van der Waals surface area (Å²) in [7, 11) is 0. The van der Waals surface area contributed by atoms with E-state index in [4.69, 9.17) is 0 Å². The Balaban J connectivity index is 0.00000264. The van der Waals surface area contributed by atoms with Crippen LogP contribution in [0, 0.1) is 0 Å². The Bertz CT molecular complexity index is 504. The van der Waals surface area contributed by atoms with Gasteiger partial charge in [-0.3, -0.25) is 4.79 Å².